The molecule has 18 heavy (non-hydrogen) atoms. The van der Waals surface area contributed by atoms with Crippen LogP contribution in [0.15, 0.2) is 24.3 Å². The van der Waals surface area contributed by atoms with Crippen molar-refractivity contribution in [1.82, 2.24) is 0 Å². The number of anilines is 1. The Bertz CT molecular complexity index is 348. The number of alkyl halides is 4. The molecule has 102 valence electrons. The molecule has 0 N–H and O–H groups in total. The van der Waals surface area contributed by atoms with Crippen molar-refractivity contribution in [2.75, 3.05) is 24.4 Å². The lowest BCUT2D eigenvalue weighted by Crippen LogP contribution is -2.18. The minimum absolute atomic E-state index is 0.609. The third-order valence-electron chi connectivity index (χ3n) is 2.76. The van der Waals surface area contributed by atoms with Gasteiger partial charge in [0.25, 0.3) is 0 Å². The molecule has 0 heterocycles. The molecule has 0 unspecified atom stereocenters. The SMILES string of the molecule is CN(CCCCCCl)c1ccc(C(F)(F)F)cc1. The standard InChI is InChI=1S/C13H17ClF3N/c1-18(10-4-2-3-9-14)12-7-5-11(6-8-12)13(15,16)17/h5-8H,2-4,9-10H2,1H3. The van der Waals surface area contributed by atoms with Gasteiger partial charge in [-0.25, -0.2) is 0 Å². The van der Waals surface area contributed by atoms with E-state index in [1.807, 2.05) is 11.9 Å². The summed E-state index contributed by atoms with van der Waals surface area (Å²) in [4.78, 5) is 1.95. The molecular weight excluding hydrogens is 263 g/mol. The summed E-state index contributed by atoms with van der Waals surface area (Å²) in [6, 6.07) is 5.24. The predicted octanol–water partition coefficient (Wildman–Crippen LogP) is 4.55. The van der Waals surface area contributed by atoms with Crippen molar-refractivity contribution in [3.63, 3.8) is 0 Å². The second-order valence-corrected chi connectivity index (χ2v) is 4.59. The lowest BCUT2D eigenvalue weighted by Gasteiger charge is -2.19. The number of halogens is 4. The molecule has 0 saturated carbocycles. The maximum atomic E-state index is 12.4. The molecule has 0 atom stereocenters. The van der Waals surface area contributed by atoms with Crippen molar-refractivity contribution in [2.45, 2.75) is 25.4 Å². The van der Waals surface area contributed by atoms with Crippen LogP contribution in [0, 0.1) is 0 Å². The van der Waals surface area contributed by atoms with Gasteiger partial charge < -0.3 is 4.90 Å². The van der Waals surface area contributed by atoms with Crippen LogP contribution in [0.3, 0.4) is 0 Å². The minimum Gasteiger partial charge on any atom is -0.375 e. The van der Waals surface area contributed by atoms with Gasteiger partial charge in [0.1, 0.15) is 0 Å². The first-order chi connectivity index (χ1) is 8.45. The highest BCUT2D eigenvalue weighted by molar-refractivity contribution is 6.17. The molecule has 0 radical (unpaired) electrons. The topological polar surface area (TPSA) is 3.24 Å². The quantitative estimate of drug-likeness (QED) is 0.545. The van der Waals surface area contributed by atoms with Crippen LogP contribution < -0.4 is 4.90 Å². The van der Waals surface area contributed by atoms with Gasteiger partial charge in [0, 0.05) is 25.2 Å². The van der Waals surface area contributed by atoms with Gasteiger partial charge in [-0.05, 0) is 37.1 Å². The first-order valence-electron chi connectivity index (χ1n) is 5.89. The van der Waals surface area contributed by atoms with Gasteiger partial charge in [0.2, 0.25) is 0 Å². The Morgan fingerprint density at radius 3 is 2.17 bits per heavy atom. The largest absolute Gasteiger partial charge is 0.416 e. The van der Waals surface area contributed by atoms with Crippen molar-refractivity contribution in [1.29, 1.82) is 0 Å². The Labute approximate surface area is 111 Å². The minimum atomic E-state index is -4.27. The molecule has 5 heteroatoms. The zero-order valence-electron chi connectivity index (χ0n) is 10.3. The highest BCUT2D eigenvalue weighted by Gasteiger charge is 2.29. The Morgan fingerprint density at radius 1 is 1.06 bits per heavy atom. The van der Waals surface area contributed by atoms with E-state index in [4.69, 9.17) is 11.6 Å². The smallest absolute Gasteiger partial charge is 0.375 e. The van der Waals surface area contributed by atoms with E-state index in [-0.39, 0.29) is 0 Å². The second-order valence-electron chi connectivity index (χ2n) is 4.22. The first kappa shape index (κ1) is 15.2. The zero-order valence-corrected chi connectivity index (χ0v) is 11.1. The summed E-state index contributed by atoms with van der Waals surface area (Å²) in [6.45, 7) is 0.822. The van der Waals surface area contributed by atoms with E-state index in [0.717, 1.165) is 43.6 Å². The zero-order chi connectivity index (χ0) is 13.6. The Balaban J connectivity index is 2.51. The van der Waals surface area contributed by atoms with E-state index >= 15 is 0 Å². The molecule has 1 rings (SSSR count). The van der Waals surface area contributed by atoms with E-state index in [9.17, 15) is 13.2 Å². The molecule has 0 aliphatic carbocycles. The van der Waals surface area contributed by atoms with Gasteiger partial charge in [-0.1, -0.05) is 6.42 Å². The monoisotopic (exact) mass is 279 g/mol. The number of benzene rings is 1. The third kappa shape index (κ3) is 4.77. The number of unbranched alkanes of at least 4 members (excludes halogenated alkanes) is 2. The molecule has 1 nitrogen and oxygen atoms in total. The van der Waals surface area contributed by atoms with Crippen LogP contribution in [0.4, 0.5) is 18.9 Å². The van der Waals surface area contributed by atoms with E-state index in [1.165, 1.54) is 12.1 Å². The van der Waals surface area contributed by atoms with Crippen LogP contribution in [0.5, 0.6) is 0 Å². The van der Waals surface area contributed by atoms with Gasteiger partial charge in [0.15, 0.2) is 0 Å². The summed E-state index contributed by atoms with van der Waals surface area (Å²) in [5.74, 6) is 0.657. The lowest BCUT2D eigenvalue weighted by molar-refractivity contribution is -0.137. The third-order valence-corrected chi connectivity index (χ3v) is 3.03. The Kier molecular flexibility index (Phi) is 5.79. The summed E-state index contributed by atoms with van der Waals surface area (Å²) in [6.07, 6.45) is -1.27. The average molecular weight is 280 g/mol. The molecule has 0 aromatic heterocycles. The van der Waals surface area contributed by atoms with Crippen LogP contribution in [-0.4, -0.2) is 19.5 Å². The molecule has 0 aliphatic heterocycles. The van der Waals surface area contributed by atoms with Gasteiger partial charge in [-0.2, -0.15) is 13.2 Å². The molecule has 0 saturated heterocycles. The summed E-state index contributed by atoms with van der Waals surface area (Å²) in [5, 5.41) is 0. The van der Waals surface area contributed by atoms with Crippen molar-refractivity contribution in [2.24, 2.45) is 0 Å². The van der Waals surface area contributed by atoms with Gasteiger partial charge in [-0.3, -0.25) is 0 Å². The Hall–Kier alpha value is -0.900. The second kappa shape index (κ2) is 6.88. The van der Waals surface area contributed by atoms with Gasteiger partial charge >= 0.3 is 6.18 Å². The number of hydrogen-bond donors (Lipinski definition) is 0. The van der Waals surface area contributed by atoms with Gasteiger partial charge in [-0.15, -0.1) is 11.6 Å². The fourth-order valence-electron chi connectivity index (χ4n) is 1.65. The van der Waals surface area contributed by atoms with E-state index in [0.29, 0.717) is 5.88 Å². The summed E-state index contributed by atoms with van der Waals surface area (Å²) in [5.41, 5.74) is 0.190. The Morgan fingerprint density at radius 2 is 1.67 bits per heavy atom. The van der Waals surface area contributed by atoms with Crippen molar-refractivity contribution >= 4 is 17.3 Å². The van der Waals surface area contributed by atoms with Crippen LogP contribution in [0.1, 0.15) is 24.8 Å². The number of nitrogens with zero attached hydrogens (tertiary/aromatic N) is 1. The van der Waals surface area contributed by atoms with E-state index in [2.05, 4.69) is 0 Å². The van der Waals surface area contributed by atoms with Crippen LogP contribution in [0.25, 0.3) is 0 Å². The van der Waals surface area contributed by atoms with Crippen LogP contribution >= 0.6 is 11.6 Å². The van der Waals surface area contributed by atoms with Crippen molar-refractivity contribution in [3.05, 3.63) is 29.8 Å². The van der Waals surface area contributed by atoms with E-state index < -0.39 is 11.7 Å². The predicted molar refractivity (Wildman–Crippen MR) is 69.3 cm³/mol. The highest BCUT2D eigenvalue weighted by atomic mass is 35.5. The molecular formula is C13H17ClF3N. The maximum Gasteiger partial charge on any atom is 0.416 e. The van der Waals surface area contributed by atoms with E-state index in [1.54, 1.807) is 0 Å². The molecule has 0 aliphatic rings. The molecule has 0 bridgehead atoms. The van der Waals surface area contributed by atoms with Crippen LogP contribution in [-0.2, 0) is 6.18 Å². The average Bonchev–Trinajstić information content (AvgIpc) is 2.33. The summed E-state index contributed by atoms with van der Waals surface area (Å²) in [7, 11) is 1.88. The molecule has 0 fully saturated rings. The van der Waals surface area contributed by atoms with Crippen molar-refractivity contribution in [3.8, 4) is 0 Å². The summed E-state index contributed by atoms with van der Waals surface area (Å²) >= 11 is 5.57. The molecule has 0 amide bonds. The lowest BCUT2D eigenvalue weighted by atomic mass is 10.2. The summed E-state index contributed by atoms with van der Waals surface area (Å²) < 4.78 is 37.1. The fraction of sp³-hybridized carbons (Fsp3) is 0.538. The fourth-order valence-corrected chi connectivity index (χ4v) is 1.84. The highest BCUT2D eigenvalue weighted by Crippen LogP contribution is 2.30. The van der Waals surface area contributed by atoms with Gasteiger partial charge in [0.05, 0.1) is 5.56 Å². The first-order valence-corrected chi connectivity index (χ1v) is 6.43. The van der Waals surface area contributed by atoms with Crippen LogP contribution in [0.2, 0.25) is 0 Å². The maximum absolute atomic E-state index is 12.4. The molecule has 1 aromatic carbocycles. The number of hydrogen-bond acceptors (Lipinski definition) is 1. The number of rotatable bonds is 6. The van der Waals surface area contributed by atoms with Crippen molar-refractivity contribution < 1.29 is 13.2 Å². The molecule has 0 spiro atoms. The normalized spacial score (nSPS) is 11.6. The molecule has 1 aromatic rings.